The number of carbonyl (C=O) groups excluding carboxylic acids is 1. The monoisotopic (exact) mass is 360 g/mol. The van der Waals surface area contributed by atoms with Crippen LogP contribution in [0.15, 0.2) is 46.9 Å². The molecule has 0 atom stereocenters. The lowest BCUT2D eigenvalue weighted by Crippen LogP contribution is -2.10. The Morgan fingerprint density at radius 3 is 2.50 bits per heavy atom. The molecule has 4 heteroatoms. The van der Waals surface area contributed by atoms with Crippen LogP contribution in [0.3, 0.4) is 0 Å². The van der Waals surface area contributed by atoms with Gasteiger partial charge >= 0.3 is 0 Å². The van der Waals surface area contributed by atoms with Gasteiger partial charge in [0.2, 0.25) is 0 Å². The molecule has 0 N–H and O–H groups in total. The second kappa shape index (κ2) is 6.13. The molecular formula is C18H17BrO3. The molecule has 1 fully saturated rings. The number of benzene rings is 2. The van der Waals surface area contributed by atoms with Crippen LogP contribution in [0.4, 0.5) is 0 Å². The summed E-state index contributed by atoms with van der Waals surface area (Å²) in [5.41, 5.74) is 1.71. The Bertz CT molecular complexity index is 678. The molecule has 2 aromatic carbocycles. The molecule has 22 heavy (non-hydrogen) atoms. The molecule has 114 valence electrons. The maximum atomic E-state index is 11.4. The van der Waals surface area contributed by atoms with Crippen molar-refractivity contribution in [2.45, 2.75) is 24.9 Å². The van der Waals surface area contributed by atoms with Crippen LogP contribution in [-0.4, -0.2) is 13.4 Å². The molecule has 0 unspecified atom stereocenters. The molecule has 0 heterocycles. The third-order valence-electron chi connectivity index (χ3n) is 4.06. The number of hydrogen-bond donors (Lipinski definition) is 0. The van der Waals surface area contributed by atoms with E-state index in [1.54, 1.807) is 7.11 Å². The number of carbonyl (C=O) groups is 1. The van der Waals surface area contributed by atoms with Gasteiger partial charge < -0.3 is 14.3 Å². The number of rotatable bonds is 6. The van der Waals surface area contributed by atoms with Gasteiger partial charge in [-0.3, -0.25) is 0 Å². The van der Waals surface area contributed by atoms with Gasteiger partial charge in [-0.15, -0.1) is 0 Å². The number of halogens is 1. The lowest BCUT2D eigenvalue weighted by Gasteiger charge is -2.17. The summed E-state index contributed by atoms with van der Waals surface area (Å²) < 4.78 is 12.2. The Labute approximate surface area is 138 Å². The van der Waals surface area contributed by atoms with E-state index in [0.717, 1.165) is 34.7 Å². The van der Waals surface area contributed by atoms with E-state index in [1.165, 1.54) is 0 Å². The number of aldehydes is 1. The van der Waals surface area contributed by atoms with E-state index in [1.807, 2.05) is 42.5 Å². The van der Waals surface area contributed by atoms with Crippen LogP contribution < -0.4 is 9.47 Å². The summed E-state index contributed by atoms with van der Waals surface area (Å²) in [5, 5.41) is 0. The molecule has 0 radical (unpaired) electrons. The van der Waals surface area contributed by atoms with Crippen molar-refractivity contribution < 1.29 is 14.3 Å². The van der Waals surface area contributed by atoms with E-state index in [2.05, 4.69) is 15.9 Å². The molecule has 2 aromatic rings. The van der Waals surface area contributed by atoms with Crippen LogP contribution in [0.2, 0.25) is 0 Å². The zero-order chi connectivity index (χ0) is 15.6. The lowest BCUT2D eigenvalue weighted by atomic mass is 9.97. The second-order valence-electron chi connectivity index (χ2n) is 5.51. The minimum absolute atomic E-state index is 0.351. The third kappa shape index (κ3) is 2.75. The van der Waals surface area contributed by atoms with Crippen LogP contribution in [0.5, 0.6) is 11.5 Å². The van der Waals surface area contributed by atoms with E-state index >= 15 is 0 Å². The average Bonchev–Trinajstić information content (AvgIpc) is 3.35. The van der Waals surface area contributed by atoms with Gasteiger partial charge in [0.15, 0.2) is 11.5 Å². The number of ether oxygens (including phenoxy) is 2. The zero-order valence-electron chi connectivity index (χ0n) is 12.3. The Hall–Kier alpha value is -1.81. The molecule has 1 saturated carbocycles. The Morgan fingerprint density at radius 2 is 1.91 bits per heavy atom. The van der Waals surface area contributed by atoms with E-state index in [0.29, 0.717) is 18.1 Å². The molecular weight excluding hydrogens is 344 g/mol. The summed E-state index contributed by atoms with van der Waals surface area (Å²) in [6.07, 6.45) is 2.82. The predicted octanol–water partition coefficient (Wildman–Crippen LogP) is 4.27. The van der Waals surface area contributed by atoms with Crippen molar-refractivity contribution in [2.24, 2.45) is 0 Å². The summed E-state index contributed by atoms with van der Waals surface area (Å²) in [5.74, 6) is 1.31. The fourth-order valence-corrected chi connectivity index (χ4v) is 3.37. The highest BCUT2D eigenvalue weighted by molar-refractivity contribution is 9.10. The van der Waals surface area contributed by atoms with Crippen LogP contribution in [0, 0.1) is 0 Å². The average molecular weight is 361 g/mol. The van der Waals surface area contributed by atoms with E-state index in [4.69, 9.17) is 9.47 Å². The van der Waals surface area contributed by atoms with Crippen molar-refractivity contribution in [3.8, 4) is 11.5 Å². The van der Waals surface area contributed by atoms with Gasteiger partial charge in [-0.2, -0.15) is 0 Å². The molecule has 1 aliphatic carbocycles. The minimum atomic E-state index is -0.351. The van der Waals surface area contributed by atoms with E-state index in [9.17, 15) is 4.79 Å². The highest BCUT2D eigenvalue weighted by Gasteiger charge is 2.46. The zero-order valence-corrected chi connectivity index (χ0v) is 13.9. The van der Waals surface area contributed by atoms with Crippen molar-refractivity contribution in [1.29, 1.82) is 0 Å². The van der Waals surface area contributed by atoms with Crippen LogP contribution in [0.25, 0.3) is 0 Å². The maximum Gasteiger partial charge on any atom is 0.176 e. The fourth-order valence-electron chi connectivity index (χ4n) is 2.53. The first-order chi connectivity index (χ1) is 10.7. The van der Waals surface area contributed by atoms with Crippen LogP contribution in [0.1, 0.15) is 24.0 Å². The predicted molar refractivity (Wildman–Crippen MR) is 88.4 cm³/mol. The van der Waals surface area contributed by atoms with Crippen molar-refractivity contribution in [1.82, 2.24) is 0 Å². The molecule has 0 spiro atoms. The highest BCUT2D eigenvalue weighted by atomic mass is 79.9. The lowest BCUT2D eigenvalue weighted by molar-refractivity contribution is -0.109. The Morgan fingerprint density at radius 1 is 1.18 bits per heavy atom. The van der Waals surface area contributed by atoms with Gasteiger partial charge in [0.05, 0.1) is 17.0 Å². The summed E-state index contributed by atoms with van der Waals surface area (Å²) in [7, 11) is 1.61. The van der Waals surface area contributed by atoms with Gasteiger partial charge in [0, 0.05) is 0 Å². The largest absolute Gasteiger partial charge is 0.493 e. The highest BCUT2D eigenvalue weighted by Crippen LogP contribution is 2.52. The van der Waals surface area contributed by atoms with Crippen LogP contribution in [-0.2, 0) is 16.8 Å². The first-order valence-electron chi connectivity index (χ1n) is 7.20. The molecule has 0 saturated heterocycles. The normalized spacial score (nSPS) is 15.2. The van der Waals surface area contributed by atoms with Gasteiger partial charge in [-0.05, 0) is 46.0 Å². The smallest absolute Gasteiger partial charge is 0.176 e. The van der Waals surface area contributed by atoms with Crippen molar-refractivity contribution in [3.63, 3.8) is 0 Å². The summed E-state index contributed by atoms with van der Waals surface area (Å²) in [4.78, 5) is 11.4. The van der Waals surface area contributed by atoms with Gasteiger partial charge in [0.25, 0.3) is 0 Å². The van der Waals surface area contributed by atoms with Gasteiger partial charge in [-0.25, -0.2) is 0 Å². The van der Waals surface area contributed by atoms with Crippen LogP contribution >= 0.6 is 15.9 Å². The molecule has 1 aliphatic rings. The SMILES string of the molecule is COc1ccc(C2(C=O)CC2)c(Br)c1OCc1ccccc1. The minimum Gasteiger partial charge on any atom is -0.493 e. The fraction of sp³-hybridized carbons (Fsp3) is 0.278. The van der Waals surface area contributed by atoms with Crippen molar-refractivity contribution >= 4 is 22.2 Å². The summed E-state index contributed by atoms with van der Waals surface area (Å²) in [6.45, 7) is 0.452. The van der Waals surface area contributed by atoms with Gasteiger partial charge in [0.1, 0.15) is 12.9 Å². The van der Waals surface area contributed by atoms with Gasteiger partial charge in [-0.1, -0.05) is 36.4 Å². The molecule has 0 aromatic heterocycles. The number of hydrogen-bond acceptors (Lipinski definition) is 3. The maximum absolute atomic E-state index is 11.4. The molecule has 3 nitrogen and oxygen atoms in total. The quantitative estimate of drug-likeness (QED) is 0.721. The molecule has 0 aliphatic heterocycles. The van der Waals surface area contributed by atoms with Crippen molar-refractivity contribution in [3.05, 3.63) is 58.1 Å². The standard InChI is InChI=1S/C18H17BrO3/c1-21-15-8-7-14(18(12-20)9-10-18)16(19)17(15)22-11-13-5-3-2-4-6-13/h2-8,12H,9-11H2,1H3. The molecule has 0 bridgehead atoms. The first-order valence-corrected chi connectivity index (χ1v) is 7.99. The summed E-state index contributed by atoms with van der Waals surface area (Å²) in [6, 6.07) is 13.8. The second-order valence-corrected chi connectivity index (χ2v) is 6.30. The Kier molecular flexibility index (Phi) is 4.21. The number of methoxy groups -OCH3 is 1. The topological polar surface area (TPSA) is 35.5 Å². The van der Waals surface area contributed by atoms with E-state index in [-0.39, 0.29) is 5.41 Å². The molecule has 3 rings (SSSR count). The van der Waals surface area contributed by atoms with Crippen molar-refractivity contribution in [2.75, 3.05) is 7.11 Å². The third-order valence-corrected chi connectivity index (χ3v) is 4.84. The van der Waals surface area contributed by atoms with E-state index < -0.39 is 0 Å². The molecule has 0 amide bonds. The first kappa shape index (κ1) is 15.1. The summed E-state index contributed by atoms with van der Waals surface area (Å²) >= 11 is 3.60. The Balaban J connectivity index is 1.91.